The maximum Gasteiger partial charge on any atom is 0.0593 e. The summed E-state index contributed by atoms with van der Waals surface area (Å²) in [6, 6.07) is 0.708. The van der Waals surface area contributed by atoms with Crippen LogP contribution in [0.3, 0.4) is 0 Å². The molecule has 15 heavy (non-hydrogen) atoms. The molecule has 0 radical (unpaired) electrons. The molecule has 1 rings (SSSR count). The van der Waals surface area contributed by atoms with Crippen molar-refractivity contribution in [3.05, 3.63) is 0 Å². The zero-order valence-corrected chi connectivity index (χ0v) is 10.5. The Morgan fingerprint density at radius 1 is 1.47 bits per heavy atom. The van der Waals surface area contributed by atoms with Crippen LogP contribution in [0.15, 0.2) is 0 Å². The van der Waals surface area contributed by atoms with Gasteiger partial charge in [0.05, 0.1) is 6.61 Å². The second-order valence-electron chi connectivity index (χ2n) is 5.02. The van der Waals surface area contributed by atoms with Gasteiger partial charge in [0, 0.05) is 25.7 Å². The van der Waals surface area contributed by atoms with E-state index >= 15 is 0 Å². The van der Waals surface area contributed by atoms with Crippen LogP contribution in [0.1, 0.15) is 26.7 Å². The van der Waals surface area contributed by atoms with Crippen LogP contribution in [0.2, 0.25) is 0 Å². The predicted octanol–water partition coefficient (Wildman–Crippen LogP) is 1.34. The highest BCUT2D eigenvalue weighted by Gasteiger charge is 2.15. The van der Waals surface area contributed by atoms with Crippen molar-refractivity contribution < 1.29 is 4.74 Å². The van der Waals surface area contributed by atoms with E-state index in [2.05, 4.69) is 31.1 Å². The Labute approximate surface area is 94.2 Å². The van der Waals surface area contributed by atoms with Crippen LogP contribution < -0.4 is 5.32 Å². The van der Waals surface area contributed by atoms with Gasteiger partial charge in [-0.25, -0.2) is 0 Å². The zero-order valence-electron chi connectivity index (χ0n) is 10.5. The summed E-state index contributed by atoms with van der Waals surface area (Å²) < 4.78 is 5.57. The van der Waals surface area contributed by atoms with Gasteiger partial charge in [0.25, 0.3) is 0 Å². The average molecular weight is 214 g/mol. The molecule has 0 bridgehead atoms. The van der Waals surface area contributed by atoms with E-state index in [-0.39, 0.29) is 0 Å². The van der Waals surface area contributed by atoms with E-state index in [0.717, 1.165) is 26.3 Å². The molecule has 1 aliphatic rings. The Morgan fingerprint density at radius 3 is 2.87 bits per heavy atom. The first-order valence-electron chi connectivity index (χ1n) is 6.18. The fourth-order valence-electron chi connectivity index (χ4n) is 1.92. The molecule has 1 atom stereocenters. The Kier molecular flexibility index (Phi) is 6.22. The summed E-state index contributed by atoms with van der Waals surface area (Å²) in [7, 11) is 2.18. The normalized spacial score (nSPS) is 21.8. The number of hydrogen-bond donors (Lipinski definition) is 1. The fraction of sp³-hybridized carbons (Fsp3) is 1.00. The summed E-state index contributed by atoms with van der Waals surface area (Å²) in [5.74, 6) is 0.645. The highest BCUT2D eigenvalue weighted by molar-refractivity contribution is 4.76. The van der Waals surface area contributed by atoms with Crippen molar-refractivity contribution in [3.63, 3.8) is 0 Å². The third-order valence-electron chi connectivity index (χ3n) is 2.76. The Morgan fingerprint density at radius 2 is 2.27 bits per heavy atom. The van der Waals surface area contributed by atoms with Gasteiger partial charge in [0.1, 0.15) is 0 Å². The molecule has 0 amide bonds. The van der Waals surface area contributed by atoms with Crippen LogP contribution in [0.25, 0.3) is 0 Å². The molecule has 1 heterocycles. The van der Waals surface area contributed by atoms with Gasteiger partial charge in [-0.3, -0.25) is 0 Å². The van der Waals surface area contributed by atoms with Crippen molar-refractivity contribution >= 4 is 0 Å². The second kappa shape index (κ2) is 7.20. The van der Waals surface area contributed by atoms with E-state index in [0.29, 0.717) is 12.0 Å². The van der Waals surface area contributed by atoms with Crippen molar-refractivity contribution in [2.45, 2.75) is 32.7 Å². The molecule has 0 aromatic carbocycles. The first-order chi connectivity index (χ1) is 7.18. The summed E-state index contributed by atoms with van der Waals surface area (Å²) in [4.78, 5) is 2.36. The van der Waals surface area contributed by atoms with Gasteiger partial charge in [-0.05, 0) is 32.4 Å². The lowest BCUT2D eigenvalue weighted by Crippen LogP contribution is -2.36. The van der Waals surface area contributed by atoms with E-state index < -0.39 is 0 Å². The molecule has 1 unspecified atom stereocenters. The molecular weight excluding hydrogens is 188 g/mol. The minimum Gasteiger partial charge on any atom is -0.380 e. The number of nitrogens with one attached hydrogen (secondary N) is 1. The lowest BCUT2D eigenvalue weighted by Gasteiger charge is -2.21. The van der Waals surface area contributed by atoms with Crippen molar-refractivity contribution in [2.24, 2.45) is 5.92 Å². The minimum atomic E-state index is 0.645. The molecule has 0 aromatic heterocycles. The summed E-state index contributed by atoms with van der Waals surface area (Å²) in [6.45, 7) is 9.52. The monoisotopic (exact) mass is 214 g/mol. The van der Waals surface area contributed by atoms with Crippen molar-refractivity contribution in [1.82, 2.24) is 10.2 Å². The van der Waals surface area contributed by atoms with E-state index in [4.69, 9.17) is 4.74 Å². The van der Waals surface area contributed by atoms with E-state index in [1.807, 2.05) is 0 Å². The smallest absolute Gasteiger partial charge is 0.0593 e. The highest BCUT2D eigenvalue weighted by atomic mass is 16.5. The van der Waals surface area contributed by atoms with Gasteiger partial charge in [0.2, 0.25) is 0 Å². The highest BCUT2D eigenvalue weighted by Crippen LogP contribution is 2.05. The van der Waals surface area contributed by atoms with Gasteiger partial charge in [-0.1, -0.05) is 13.8 Å². The number of likely N-dealkylation sites (N-methyl/N-ethyl adjacent to an activating group) is 1. The molecular formula is C12H26N2O. The molecule has 3 nitrogen and oxygen atoms in total. The van der Waals surface area contributed by atoms with E-state index in [1.54, 1.807) is 0 Å². The summed E-state index contributed by atoms with van der Waals surface area (Å²) in [6.07, 6.45) is 2.67. The minimum absolute atomic E-state index is 0.645. The van der Waals surface area contributed by atoms with Crippen LogP contribution in [-0.2, 0) is 4.74 Å². The van der Waals surface area contributed by atoms with Crippen molar-refractivity contribution in [3.8, 4) is 0 Å². The van der Waals surface area contributed by atoms with Gasteiger partial charge in [0.15, 0.2) is 0 Å². The van der Waals surface area contributed by atoms with Crippen LogP contribution in [0.4, 0.5) is 0 Å². The number of rotatable bonds is 7. The summed E-state index contributed by atoms with van der Waals surface area (Å²) in [5, 5.41) is 3.51. The Bertz CT molecular complexity index is 156. The third-order valence-corrected chi connectivity index (χ3v) is 2.76. The molecule has 0 aromatic rings. The van der Waals surface area contributed by atoms with Gasteiger partial charge in [-0.2, -0.15) is 0 Å². The molecule has 0 saturated carbocycles. The Hall–Kier alpha value is -0.120. The van der Waals surface area contributed by atoms with Crippen LogP contribution >= 0.6 is 0 Å². The summed E-state index contributed by atoms with van der Waals surface area (Å²) in [5.41, 5.74) is 0. The van der Waals surface area contributed by atoms with Crippen molar-refractivity contribution in [1.29, 1.82) is 0 Å². The number of hydrogen-bond acceptors (Lipinski definition) is 3. The fourth-order valence-corrected chi connectivity index (χ4v) is 1.92. The van der Waals surface area contributed by atoms with Crippen LogP contribution in [0, 0.1) is 5.92 Å². The molecule has 1 fully saturated rings. The first-order valence-corrected chi connectivity index (χ1v) is 6.18. The quantitative estimate of drug-likeness (QED) is 0.647. The lowest BCUT2D eigenvalue weighted by molar-refractivity contribution is 0.0899. The second-order valence-corrected chi connectivity index (χ2v) is 5.02. The first kappa shape index (κ1) is 12.9. The molecule has 0 spiro atoms. The van der Waals surface area contributed by atoms with E-state index in [1.165, 1.54) is 19.4 Å². The SMILES string of the molecule is CC(C)COCCN(C)CC1CCCN1. The third kappa shape index (κ3) is 6.13. The number of nitrogens with zero attached hydrogens (tertiary/aromatic N) is 1. The molecule has 1 saturated heterocycles. The van der Waals surface area contributed by atoms with Gasteiger partial charge in [-0.15, -0.1) is 0 Å². The molecule has 90 valence electrons. The summed E-state index contributed by atoms with van der Waals surface area (Å²) >= 11 is 0. The zero-order chi connectivity index (χ0) is 11.1. The van der Waals surface area contributed by atoms with E-state index in [9.17, 15) is 0 Å². The van der Waals surface area contributed by atoms with Gasteiger partial charge >= 0.3 is 0 Å². The maximum absolute atomic E-state index is 5.57. The molecule has 0 aliphatic carbocycles. The van der Waals surface area contributed by atoms with Crippen molar-refractivity contribution in [2.75, 3.05) is 39.9 Å². The standard InChI is InChI=1S/C12H26N2O/c1-11(2)10-15-8-7-14(3)9-12-5-4-6-13-12/h11-13H,4-10H2,1-3H3. The molecule has 1 aliphatic heterocycles. The van der Waals surface area contributed by atoms with Crippen LogP contribution in [-0.4, -0.2) is 50.8 Å². The lowest BCUT2D eigenvalue weighted by atomic mass is 10.2. The topological polar surface area (TPSA) is 24.5 Å². The number of ether oxygens (including phenoxy) is 1. The Balaban J connectivity index is 1.95. The average Bonchev–Trinajstić information content (AvgIpc) is 2.64. The molecule has 1 N–H and O–H groups in total. The van der Waals surface area contributed by atoms with Gasteiger partial charge < -0.3 is 15.0 Å². The maximum atomic E-state index is 5.57. The van der Waals surface area contributed by atoms with Crippen LogP contribution in [0.5, 0.6) is 0 Å². The largest absolute Gasteiger partial charge is 0.380 e. The predicted molar refractivity (Wildman–Crippen MR) is 64.2 cm³/mol. The molecule has 3 heteroatoms.